The molecule has 1 rings (SSSR count). The smallest absolute Gasteiger partial charge is 0.132 e. The van der Waals surface area contributed by atoms with E-state index in [1.54, 1.807) is 5.57 Å². The maximum absolute atomic E-state index is 11.7. The van der Waals surface area contributed by atoms with Crippen molar-refractivity contribution in [2.24, 2.45) is 0 Å². The fourth-order valence-corrected chi connectivity index (χ4v) is 2.95. The molecule has 0 bridgehead atoms. The highest BCUT2D eigenvalue weighted by Crippen LogP contribution is 2.19. The van der Waals surface area contributed by atoms with Crippen LogP contribution in [-0.4, -0.2) is 5.78 Å². The van der Waals surface area contributed by atoms with E-state index < -0.39 is 0 Å². The molecule has 0 aromatic carbocycles. The van der Waals surface area contributed by atoms with Crippen LogP contribution in [0.3, 0.4) is 0 Å². The van der Waals surface area contributed by atoms with Crippen LogP contribution in [0.2, 0.25) is 0 Å². The van der Waals surface area contributed by atoms with E-state index in [1.807, 2.05) is 0 Å². The SMILES string of the molecule is CC=C1CCCCCCCC(=O)CCCCCCC1. The second-order valence-corrected chi connectivity index (χ2v) is 6.02. The van der Waals surface area contributed by atoms with Crippen LogP contribution >= 0.6 is 0 Å². The molecule has 0 N–H and O–H groups in total. The van der Waals surface area contributed by atoms with Gasteiger partial charge in [0.25, 0.3) is 0 Å². The van der Waals surface area contributed by atoms with Crippen LogP contribution in [0.15, 0.2) is 11.6 Å². The van der Waals surface area contributed by atoms with Crippen molar-refractivity contribution in [2.75, 3.05) is 0 Å². The van der Waals surface area contributed by atoms with E-state index in [9.17, 15) is 4.79 Å². The molecular weight excluding hydrogens is 232 g/mol. The first-order chi connectivity index (χ1) is 9.33. The van der Waals surface area contributed by atoms with Crippen molar-refractivity contribution < 1.29 is 4.79 Å². The van der Waals surface area contributed by atoms with E-state index in [0.29, 0.717) is 5.78 Å². The first-order valence-electron chi connectivity index (χ1n) is 8.48. The summed E-state index contributed by atoms with van der Waals surface area (Å²) in [6.45, 7) is 2.19. The molecule has 0 aromatic heterocycles. The topological polar surface area (TPSA) is 17.1 Å². The molecule has 19 heavy (non-hydrogen) atoms. The summed E-state index contributed by atoms with van der Waals surface area (Å²) in [7, 11) is 0. The zero-order chi connectivity index (χ0) is 13.8. The Labute approximate surface area is 119 Å². The third kappa shape index (κ3) is 9.02. The molecule has 1 nitrogen and oxygen atoms in total. The number of rotatable bonds is 0. The minimum atomic E-state index is 0.503. The summed E-state index contributed by atoms with van der Waals surface area (Å²) in [5.41, 5.74) is 1.67. The summed E-state index contributed by atoms with van der Waals surface area (Å²) < 4.78 is 0. The van der Waals surface area contributed by atoms with Gasteiger partial charge in [-0.1, -0.05) is 50.2 Å². The molecule has 1 aliphatic rings. The van der Waals surface area contributed by atoms with Crippen LogP contribution in [0.25, 0.3) is 0 Å². The van der Waals surface area contributed by atoms with Crippen LogP contribution in [0, 0.1) is 0 Å². The molecule has 0 amide bonds. The molecule has 0 spiro atoms. The largest absolute Gasteiger partial charge is 0.300 e. The monoisotopic (exact) mass is 264 g/mol. The zero-order valence-corrected chi connectivity index (χ0v) is 12.9. The van der Waals surface area contributed by atoms with E-state index >= 15 is 0 Å². The van der Waals surface area contributed by atoms with Gasteiger partial charge in [-0.3, -0.25) is 4.79 Å². The van der Waals surface area contributed by atoms with Gasteiger partial charge in [0.05, 0.1) is 0 Å². The van der Waals surface area contributed by atoms with Crippen molar-refractivity contribution in [3.05, 3.63) is 11.6 Å². The fourth-order valence-electron chi connectivity index (χ4n) is 2.95. The van der Waals surface area contributed by atoms with Crippen molar-refractivity contribution in [1.29, 1.82) is 0 Å². The molecule has 0 unspecified atom stereocenters. The summed E-state index contributed by atoms with van der Waals surface area (Å²) in [6.07, 6.45) is 19.3. The lowest BCUT2D eigenvalue weighted by Gasteiger charge is -2.08. The summed E-state index contributed by atoms with van der Waals surface area (Å²) in [5.74, 6) is 0.503. The Bertz CT molecular complexity index is 243. The maximum atomic E-state index is 11.7. The standard InChI is InChI=1S/C18H32O/c1-2-17-13-9-5-3-7-11-15-18(19)16-12-8-4-6-10-14-17/h2H,3-16H2,1H3. The minimum Gasteiger partial charge on any atom is -0.300 e. The maximum Gasteiger partial charge on any atom is 0.132 e. The molecule has 0 aliphatic heterocycles. The summed E-state index contributed by atoms with van der Waals surface area (Å²) in [6, 6.07) is 0. The molecule has 110 valence electrons. The molecule has 0 radical (unpaired) electrons. The molecule has 1 saturated carbocycles. The van der Waals surface area contributed by atoms with Gasteiger partial charge in [-0.2, -0.15) is 0 Å². The highest BCUT2D eigenvalue weighted by Gasteiger charge is 2.03. The van der Waals surface area contributed by atoms with Gasteiger partial charge in [0, 0.05) is 12.8 Å². The number of hydrogen-bond donors (Lipinski definition) is 0. The first kappa shape index (κ1) is 16.5. The van der Waals surface area contributed by atoms with Crippen molar-refractivity contribution in [1.82, 2.24) is 0 Å². The van der Waals surface area contributed by atoms with Gasteiger partial charge in [-0.05, 0) is 45.4 Å². The third-order valence-corrected chi connectivity index (χ3v) is 4.32. The fraction of sp³-hybridized carbons (Fsp3) is 0.833. The van der Waals surface area contributed by atoms with Crippen molar-refractivity contribution >= 4 is 5.78 Å². The van der Waals surface area contributed by atoms with Gasteiger partial charge >= 0.3 is 0 Å². The molecule has 0 heterocycles. The first-order valence-corrected chi connectivity index (χ1v) is 8.48. The van der Waals surface area contributed by atoms with Gasteiger partial charge in [0.15, 0.2) is 0 Å². The molecule has 1 heteroatoms. The second-order valence-electron chi connectivity index (χ2n) is 6.02. The Balaban J connectivity index is 2.27. The molecular formula is C18H32O. The van der Waals surface area contributed by atoms with E-state index in [0.717, 1.165) is 25.7 Å². The quantitative estimate of drug-likeness (QED) is 0.492. The number of carbonyl (C=O) groups is 1. The molecule has 0 atom stereocenters. The highest BCUT2D eigenvalue weighted by molar-refractivity contribution is 5.78. The van der Waals surface area contributed by atoms with Crippen LogP contribution in [-0.2, 0) is 4.79 Å². The Hall–Kier alpha value is -0.590. The van der Waals surface area contributed by atoms with Gasteiger partial charge in [0.2, 0.25) is 0 Å². The van der Waals surface area contributed by atoms with Crippen LogP contribution in [0.5, 0.6) is 0 Å². The summed E-state index contributed by atoms with van der Waals surface area (Å²) in [4.78, 5) is 11.7. The second kappa shape index (κ2) is 11.3. The van der Waals surface area contributed by atoms with Crippen LogP contribution in [0.4, 0.5) is 0 Å². The number of allylic oxidation sites excluding steroid dienone is 2. The van der Waals surface area contributed by atoms with Gasteiger partial charge in [-0.25, -0.2) is 0 Å². The van der Waals surface area contributed by atoms with E-state index in [4.69, 9.17) is 0 Å². The van der Waals surface area contributed by atoms with Crippen molar-refractivity contribution in [3.8, 4) is 0 Å². The lowest BCUT2D eigenvalue weighted by Crippen LogP contribution is -1.98. The number of Topliss-reactive ketones (excluding diaryl/α,β-unsaturated/α-hetero) is 1. The Morgan fingerprint density at radius 3 is 1.42 bits per heavy atom. The van der Waals surface area contributed by atoms with Gasteiger partial charge in [-0.15, -0.1) is 0 Å². The summed E-state index contributed by atoms with van der Waals surface area (Å²) in [5, 5.41) is 0. The van der Waals surface area contributed by atoms with Crippen molar-refractivity contribution in [2.45, 2.75) is 96.8 Å². The zero-order valence-electron chi connectivity index (χ0n) is 12.9. The predicted octanol–water partition coefficient (Wildman–Crippen LogP) is 5.98. The average molecular weight is 264 g/mol. The lowest BCUT2D eigenvalue weighted by molar-refractivity contribution is -0.119. The molecule has 1 aliphatic carbocycles. The lowest BCUT2D eigenvalue weighted by atomic mass is 9.98. The Kier molecular flexibility index (Phi) is 9.75. The van der Waals surface area contributed by atoms with E-state index in [2.05, 4.69) is 13.0 Å². The number of carbonyl (C=O) groups excluding carboxylic acids is 1. The highest BCUT2D eigenvalue weighted by atomic mass is 16.1. The van der Waals surface area contributed by atoms with Crippen molar-refractivity contribution in [3.63, 3.8) is 0 Å². The number of hydrogen-bond acceptors (Lipinski definition) is 1. The Morgan fingerprint density at radius 2 is 1.00 bits per heavy atom. The van der Waals surface area contributed by atoms with E-state index in [1.165, 1.54) is 64.2 Å². The average Bonchev–Trinajstić information content (AvgIpc) is 2.41. The Morgan fingerprint density at radius 1 is 0.632 bits per heavy atom. The number of ketones is 1. The molecule has 1 fully saturated rings. The van der Waals surface area contributed by atoms with Gasteiger partial charge in [0.1, 0.15) is 5.78 Å². The molecule has 0 saturated heterocycles. The minimum absolute atomic E-state index is 0.503. The van der Waals surface area contributed by atoms with Crippen LogP contribution < -0.4 is 0 Å². The molecule has 0 aromatic rings. The third-order valence-electron chi connectivity index (χ3n) is 4.32. The summed E-state index contributed by atoms with van der Waals surface area (Å²) >= 11 is 0. The van der Waals surface area contributed by atoms with Gasteiger partial charge < -0.3 is 0 Å². The van der Waals surface area contributed by atoms with Crippen LogP contribution in [0.1, 0.15) is 96.8 Å². The predicted molar refractivity (Wildman–Crippen MR) is 83.4 cm³/mol. The van der Waals surface area contributed by atoms with E-state index in [-0.39, 0.29) is 0 Å². The normalized spacial score (nSPS) is 22.2.